The van der Waals surface area contributed by atoms with Crippen molar-refractivity contribution in [1.82, 2.24) is 0 Å². The van der Waals surface area contributed by atoms with E-state index in [-0.39, 0.29) is 58.8 Å². The molecule has 2 heterocycles. The number of aliphatic imine (C=N–C) groups is 2. The molecule has 176 valence electrons. The SMILES string of the molecule is Br.Br.Cc1cccc[n+]1CC([O-])=Nc1cccc2c(N=C([O-])C[n+]3ccccc3C)cccc12. The number of rotatable bonds is 6. The van der Waals surface area contributed by atoms with Crippen LogP contribution in [0.3, 0.4) is 0 Å². The van der Waals surface area contributed by atoms with E-state index in [9.17, 15) is 10.2 Å². The van der Waals surface area contributed by atoms with Crippen LogP contribution in [0.25, 0.3) is 10.8 Å². The minimum Gasteiger partial charge on any atom is -0.857 e. The summed E-state index contributed by atoms with van der Waals surface area (Å²) in [5.74, 6) is -0.489. The van der Waals surface area contributed by atoms with Gasteiger partial charge in [-0.1, -0.05) is 36.4 Å². The van der Waals surface area contributed by atoms with Crippen LogP contribution in [0.2, 0.25) is 0 Å². The smallest absolute Gasteiger partial charge is 0.178 e. The van der Waals surface area contributed by atoms with Gasteiger partial charge in [-0.2, -0.15) is 9.13 Å². The van der Waals surface area contributed by atoms with E-state index in [4.69, 9.17) is 0 Å². The Hall–Kier alpha value is -3.10. The molecule has 0 N–H and O–H groups in total. The van der Waals surface area contributed by atoms with Crippen molar-refractivity contribution in [2.75, 3.05) is 0 Å². The Morgan fingerprint density at radius 1 is 0.618 bits per heavy atom. The molecule has 0 fully saturated rings. The number of benzene rings is 2. The lowest BCUT2D eigenvalue weighted by atomic mass is 10.1. The zero-order chi connectivity index (χ0) is 22.5. The minimum absolute atomic E-state index is 0. The highest BCUT2D eigenvalue weighted by molar-refractivity contribution is 8.93. The first kappa shape index (κ1) is 27.1. The van der Waals surface area contributed by atoms with Gasteiger partial charge in [-0.25, -0.2) is 0 Å². The van der Waals surface area contributed by atoms with E-state index < -0.39 is 0 Å². The van der Waals surface area contributed by atoms with Gasteiger partial charge < -0.3 is 10.2 Å². The highest BCUT2D eigenvalue weighted by Crippen LogP contribution is 2.32. The van der Waals surface area contributed by atoms with Gasteiger partial charge in [0.15, 0.2) is 36.9 Å². The zero-order valence-electron chi connectivity index (χ0n) is 18.9. The van der Waals surface area contributed by atoms with Crippen LogP contribution >= 0.6 is 34.0 Å². The van der Waals surface area contributed by atoms with Crippen molar-refractivity contribution in [2.24, 2.45) is 9.98 Å². The van der Waals surface area contributed by atoms with Crippen molar-refractivity contribution in [3.63, 3.8) is 0 Å². The Labute approximate surface area is 220 Å². The number of aromatic nitrogens is 2. The second-order valence-corrected chi connectivity index (χ2v) is 7.60. The third-order valence-corrected chi connectivity index (χ3v) is 5.31. The third-order valence-electron chi connectivity index (χ3n) is 5.31. The molecule has 0 atom stereocenters. The third kappa shape index (κ3) is 6.48. The molecule has 4 aromatic rings. The lowest BCUT2D eigenvalue weighted by molar-refractivity contribution is -0.693. The van der Waals surface area contributed by atoms with Gasteiger partial charge in [0.1, 0.15) is 0 Å². The number of nitrogens with zero attached hydrogens (tertiary/aromatic N) is 4. The Morgan fingerprint density at radius 3 is 1.41 bits per heavy atom. The molecule has 0 radical (unpaired) electrons. The maximum atomic E-state index is 12.6. The van der Waals surface area contributed by atoms with Gasteiger partial charge in [0.25, 0.3) is 0 Å². The summed E-state index contributed by atoms with van der Waals surface area (Å²) in [7, 11) is 0. The van der Waals surface area contributed by atoms with Crippen LogP contribution in [0.5, 0.6) is 0 Å². The van der Waals surface area contributed by atoms with Crippen LogP contribution in [0.4, 0.5) is 11.4 Å². The molecule has 6 nitrogen and oxygen atoms in total. The zero-order valence-corrected chi connectivity index (χ0v) is 22.3. The molecule has 2 aromatic heterocycles. The van der Waals surface area contributed by atoms with E-state index in [1.54, 1.807) is 12.1 Å². The molecule has 0 aliphatic carbocycles. The van der Waals surface area contributed by atoms with Crippen LogP contribution < -0.4 is 19.3 Å². The largest absolute Gasteiger partial charge is 0.857 e. The lowest BCUT2D eigenvalue weighted by Crippen LogP contribution is -2.44. The maximum Gasteiger partial charge on any atom is 0.178 e. The molecule has 2 aromatic carbocycles. The fraction of sp³-hybridized carbons (Fsp3) is 0.154. The van der Waals surface area contributed by atoms with Gasteiger partial charge in [-0.05, 0) is 12.1 Å². The number of fused-ring (bicyclic) bond motifs is 1. The molecule has 0 amide bonds. The fourth-order valence-electron chi connectivity index (χ4n) is 3.58. The summed E-state index contributed by atoms with van der Waals surface area (Å²) in [6.07, 6.45) is 3.72. The second kappa shape index (κ2) is 12.4. The first-order chi connectivity index (χ1) is 15.5. The van der Waals surface area contributed by atoms with Crippen LogP contribution in [0.15, 0.2) is 95.2 Å². The first-order valence-corrected chi connectivity index (χ1v) is 10.4. The van der Waals surface area contributed by atoms with E-state index in [1.165, 1.54) is 0 Å². The average Bonchev–Trinajstić information content (AvgIpc) is 2.77. The van der Waals surface area contributed by atoms with E-state index in [0.29, 0.717) is 11.4 Å². The highest BCUT2D eigenvalue weighted by Gasteiger charge is 2.08. The molecule has 0 saturated carbocycles. The van der Waals surface area contributed by atoms with Crippen molar-refractivity contribution in [2.45, 2.75) is 26.9 Å². The van der Waals surface area contributed by atoms with Gasteiger partial charge in [-0.3, -0.25) is 9.98 Å². The Bertz CT molecular complexity index is 1240. The number of halogens is 2. The second-order valence-electron chi connectivity index (χ2n) is 7.60. The summed E-state index contributed by atoms with van der Waals surface area (Å²) in [5, 5.41) is 26.8. The van der Waals surface area contributed by atoms with Crippen molar-refractivity contribution in [3.8, 4) is 0 Å². The summed E-state index contributed by atoms with van der Waals surface area (Å²) in [5.41, 5.74) is 3.11. The van der Waals surface area contributed by atoms with E-state index in [2.05, 4.69) is 9.98 Å². The summed E-state index contributed by atoms with van der Waals surface area (Å²) >= 11 is 0. The normalized spacial score (nSPS) is 11.6. The number of aryl methyl sites for hydroxylation is 2. The van der Waals surface area contributed by atoms with Crippen LogP contribution in [0.1, 0.15) is 11.4 Å². The molecular formula is C26H26Br2N4O2. The Balaban J connectivity index is 0.00000204. The van der Waals surface area contributed by atoms with Gasteiger partial charge >= 0.3 is 0 Å². The molecule has 0 saturated heterocycles. The fourth-order valence-corrected chi connectivity index (χ4v) is 3.58. The lowest BCUT2D eigenvalue weighted by Gasteiger charge is -2.12. The van der Waals surface area contributed by atoms with Crippen LogP contribution in [-0.4, -0.2) is 11.8 Å². The molecular weight excluding hydrogens is 560 g/mol. The quantitative estimate of drug-likeness (QED) is 0.198. The highest BCUT2D eigenvalue weighted by atomic mass is 79.9. The predicted octanol–water partition coefficient (Wildman–Crippen LogP) is 3.37. The summed E-state index contributed by atoms with van der Waals surface area (Å²) in [4.78, 5) is 8.67. The van der Waals surface area contributed by atoms with E-state index in [1.807, 2.05) is 96.0 Å². The van der Waals surface area contributed by atoms with Crippen molar-refractivity contribution in [3.05, 3.63) is 96.6 Å². The number of hydrogen-bond donors (Lipinski definition) is 0. The number of hydrogen-bond acceptors (Lipinski definition) is 4. The minimum atomic E-state index is -0.244. The molecule has 0 spiro atoms. The number of pyridine rings is 2. The van der Waals surface area contributed by atoms with Gasteiger partial charge in [-0.15, -0.1) is 34.0 Å². The standard InChI is InChI=1S/C26H24N4O2.2BrH/c1-19-9-3-5-15-29(19)17-25(31)27-23-13-7-12-22-21(23)11-8-14-24(22)28-26(32)18-30-16-6-4-10-20(30)2;;/h3-16H,17-18H2,1-2H3;2*1H. The van der Waals surface area contributed by atoms with Gasteiger partial charge in [0.2, 0.25) is 0 Å². The Morgan fingerprint density at radius 2 is 1.03 bits per heavy atom. The van der Waals surface area contributed by atoms with E-state index >= 15 is 0 Å². The monoisotopic (exact) mass is 584 g/mol. The first-order valence-electron chi connectivity index (χ1n) is 10.4. The molecule has 4 rings (SSSR count). The summed E-state index contributed by atoms with van der Waals surface area (Å²) < 4.78 is 3.72. The average molecular weight is 586 g/mol. The molecule has 8 heteroatoms. The maximum absolute atomic E-state index is 12.6. The molecule has 34 heavy (non-hydrogen) atoms. The molecule has 0 aliphatic heterocycles. The van der Waals surface area contributed by atoms with Crippen LogP contribution in [-0.2, 0) is 13.1 Å². The molecule has 0 aliphatic rings. The molecule has 0 bridgehead atoms. The predicted molar refractivity (Wildman–Crippen MR) is 142 cm³/mol. The summed E-state index contributed by atoms with van der Waals surface area (Å²) in [6, 6.07) is 22.6. The Kier molecular flexibility index (Phi) is 9.89. The topological polar surface area (TPSA) is 78.6 Å². The van der Waals surface area contributed by atoms with Crippen molar-refractivity contribution >= 4 is 67.9 Å². The van der Waals surface area contributed by atoms with Crippen molar-refractivity contribution in [1.29, 1.82) is 0 Å². The molecule has 0 unspecified atom stereocenters. The van der Waals surface area contributed by atoms with Crippen molar-refractivity contribution < 1.29 is 19.3 Å². The van der Waals surface area contributed by atoms with Crippen LogP contribution in [0, 0.1) is 13.8 Å². The van der Waals surface area contributed by atoms with Gasteiger partial charge in [0.05, 0.1) is 11.4 Å². The summed E-state index contributed by atoms with van der Waals surface area (Å²) in [6.45, 7) is 4.23. The van der Waals surface area contributed by atoms with Gasteiger partial charge in [0, 0.05) is 60.7 Å². The van der Waals surface area contributed by atoms with E-state index in [0.717, 1.165) is 22.2 Å².